The molecule has 1 unspecified atom stereocenters. The molecule has 0 aliphatic heterocycles. The zero-order chi connectivity index (χ0) is 15.6. The standard InChI is InChI=1S/C14H19N3O3S/c1-4-9(2)12(13(18)19)17-6-5-16(14(17)20)7-11-8-21-10(3)15-11/h5-6,8-9,12H,4,7H2,1-3H3,(H,18,19)/t9?,12-/m0/s1. The normalized spacial score (nSPS) is 14.0. The Morgan fingerprint density at radius 3 is 2.71 bits per heavy atom. The van der Waals surface area contributed by atoms with E-state index in [2.05, 4.69) is 4.98 Å². The van der Waals surface area contributed by atoms with E-state index in [0.717, 1.165) is 10.7 Å². The second kappa shape index (κ2) is 6.26. The Hall–Kier alpha value is -1.89. The van der Waals surface area contributed by atoms with E-state index in [-0.39, 0.29) is 11.6 Å². The van der Waals surface area contributed by atoms with Gasteiger partial charge in [0.2, 0.25) is 0 Å². The maximum absolute atomic E-state index is 12.4. The van der Waals surface area contributed by atoms with E-state index in [4.69, 9.17) is 0 Å². The number of aryl methyl sites for hydroxylation is 1. The van der Waals surface area contributed by atoms with Crippen molar-refractivity contribution in [2.45, 2.75) is 39.8 Å². The second-order valence-corrected chi connectivity index (χ2v) is 6.20. The molecule has 0 saturated heterocycles. The fourth-order valence-corrected chi connectivity index (χ4v) is 2.88. The van der Waals surface area contributed by atoms with Crippen molar-refractivity contribution in [3.05, 3.63) is 39.0 Å². The number of hydrogen-bond acceptors (Lipinski definition) is 4. The average Bonchev–Trinajstić information content (AvgIpc) is 2.99. The summed E-state index contributed by atoms with van der Waals surface area (Å²) in [6.45, 7) is 6.03. The van der Waals surface area contributed by atoms with Crippen molar-refractivity contribution in [1.29, 1.82) is 0 Å². The second-order valence-electron chi connectivity index (χ2n) is 5.14. The average molecular weight is 309 g/mol. The Morgan fingerprint density at radius 1 is 1.48 bits per heavy atom. The van der Waals surface area contributed by atoms with Gasteiger partial charge in [-0.15, -0.1) is 11.3 Å². The summed E-state index contributed by atoms with van der Waals surface area (Å²) in [6, 6.07) is -0.832. The minimum atomic E-state index is -0.978. The largest absolute Gasteiger partial charge is 0.480 e. The van der Waals surface area contributed by atoms with Crippen LogP contribution in [0.1, 0.15) is 37.0 Å². The first-order valence-electron chi connectivity index (χ1n) is 6.85. The highest BCUT2D eigenvalue weighted by Gasteiger charge is 2.27. The van der Waals surface area contributed by atoms with Gasteiger partial charge in [0.1, 0.15) is 6.04 Å². The number of nitrogens with zero attached hydrogens (tertiary/aromatic N) is 3. The quantitative estimate of drug-likeness (QED) is 0.887. The van der Waals surface area contributed by atoms with Gasteiger partial charge in [-0.2, -0.15) is 0 Å². The zero-order valence-electron chi connectivity index (χ0n) is 12.3. The number of hydrogen-bond donors (Lipinski definition) is 1. The van der Waals surface area contributed by atoms with Gasteiger partial charge in [-0.05, 0) is 12.8 Å². The third kappa shape index (κ3) is 3.24. The number of aromatic nitrogens is 3. The van der Waals surface area contributed by atoms with E-state index in [1.807, 2.05) is 26.2 Å². The van der Waals surface area contributed by atoms with Crippen molar-refractivity contribution in [1.82, 2.24) is 14.1 Å². The van der Waals surface area contributed by atoms with Gasteiger partial charge in [-0.3, -0.25) is 9.13 Å². The predicted octanol–water partition coefficient (Wildman–Crippen LogP) is 2.13. The van der Waals surface area contributed by atoms with Gasteiger partial charge in [0, 0.05) is 17.8 Å². The Morgan fingerprint density at radius 2 is 2.19 bits per heavy atom. The lowest BCUT2D eigenvalue weighted by Crippen LogP contribution is -2.34. The van der Waals surface area contributed by atoms with Crippen molar-refractivity contribution in [3.8, 4) is 0 Å². The van der Waals surface area contributed by atoms with Crippen LogP contribution < -0.4 is 5.69 Å². The summed E-state index contributed by atoms with van der Waals surface area (Å²) in [7, 11) is 0. The van der Waals surface area contributed by atoms with Crippen LogP contribution in [0.4, 0.5) is 0 Å². The van der Waals surface area contributed by atoms with Crippen LogP contribution in [0.2, 0.25) is 0 Å². The van der Waals surface area contributed by atoms with Crippen molar-refractivity contribution in [2.75, 3.05) is 0 Å². The molecular weight excluding hydrogens is 290 g/mol. The summed E-state index contributed by atoms with van der Waals surface area (Å²) in [5.74, 6) is -1.09. The first-order valence-corrected chi connectivity index (χ1v) is 7.73. The van der Waals surface area contributed by atoms with Crippen LogP contribution in [-0.4, -0.2) is 25.2 Å². The van der Waals surface area contributed by atoms with E-state index >= 15 is 0 Å². The van der Waals surface area contributed by atoms with E-state index in [1.165, 1.54) is 20.5 Å². The summed E-state index contributed by atoms with van der Waals surface area (Å²) in [4.78, 5) is 28.1. The van der Waals surface area contributed by atoms with Gasteiger partial charge in [0.15, 0.2) is 0 Å². The fourth-order valence-electron chi connectivity index (χ4n) is 2.28. The Labute approximate surface area is 126 Å². The monoisotopic (exact) mass is 309 g/mol. The Balaban J connectivity index is 2.31. The molecule has 0 bridgehead atoms. The molecular formula is C14H19N3O3S. The number of thiazole rings is 1. The number of carbonyl (C=O) groups is 1. The predicted molar refractivity (Wildman–Crippen MR) is 80.8 cm³/mol. The number of carboxylic acid groups (broad SMARTS) is 1. The van der Waals surface area contributed by atoms with Crippen LogP contribution in [0, 0.1) is 12.8 Å². The molecule has 0 amide bonds. The van der Waals surface area contributed by atoms with Gasteiger partial charge in [0.25, 0.3) is 0 Å². The molecule has 2 atom stereocenters. The van der Waals surface area contributed by atoms with Gasteiger partial charge < -0.3 is 5.11 Å². The SMILES string of the molecule is CCC(C)[C@@H](C(=O)O)n1ccn(Cc2csc(C)n2)c1=O. The molecule has 21 heavy (non-hydrogen) atoms. The third-order valence-electron chi connectivity index (χ3n) is 3.61. The molecule has 2 rings (SSSR count). The number of rotatable bonds is 6. The zero-order valence-corrected chi connectivity index (χ0v) is 13.1. The lowest BCUT2D eigenvalue weighted by Gasteiger charge is -2.19. The summed E-state index contributed by atoms with van der Waals surface area (Å²) in [5.41, 5.74) is 0.501. The van der Waals surface area contributed by atoms with Crippen molar-refractivity contribution >= 4 is 17.3 Å². The summed E-state index contributed by atoms with van der Waals surface area (Å²) in [6.07, 6.45) is 3.86. The highest BCUT2D eigenvalue weighted by Crippen LogP contribution is 2.20. The molecule has 0 fully saturated rings. The maximum atomic E-state index is 12.4. The van der Waals surface area contributed by atoms with Crippen LogP contribution in [-0.2, 0) is 11.3 Å². The molecule has 7 heteroatoms. The third-order valence-corrected chi connectivity index (χ3v) is 4.43. The highest BCUT2D eigenvalue weighted by atomic mass is 32.1. The lowest BCUT2D eigenvalue weighted by molar-refractivity contribution is -0.142. The summed E-state index contributed by atoms with van der Waals surface area (Å²) >= 11 is 1.53. The molecule has 0 radical (unpaired) electrons. The van der Waals surface area contributed by atoms with Crippen LogP contribution in [0.5, 0.6) is 0 Å². The number of imidazole rings is 1. The molecule has 0 aromatic carbocycles. The summed E-state index contributed by atoms with van der Waals surface area (Å²) in [5, 5.41) is 12.2. The van der Waals surface area contributed by atoms with E-state index < -0.39 is 12.0 Å². The van der Waals surface area contributed by atoms with Crippen LogP contribution in [0.25, 0.3) is 0 Å². The van der Waals surface area contributed by atoms with Gasteiger partial charge in [-0.25, -0.2) is 14.6 Å². The van der Waals surface area contributed by atoms with Gasteiger partial charge in [0.05, 0.1) is 17.2 Å². The van der Waals surface area contributed by atoms with Crippen molar-refractivity contribution in [3.63, 3.8) is 0 Å². The molecule has 2 aromatic heterocycles. The molecule has 0 saturated carbocycles. The highest BCUT2D eigenvalue weighted by molar-refractivity contribution is 7.09. The molecule has 6 nitrogen and oxygen atoms in total. The number of carboxylic acids is 1. The minimum Gasteiger partial charge on any atom is -0.480 e. The molecule has 2 heterocycles. The lowest BCUT2D eigenvalue weighted by atomic mass is 9.99. The molecule has 2 aromatic rings. The molecule has 0 aliphatic rings. The first-order chi connectivity index (χ1) is 9.93. The summed E-state index contributed by atoms with van der Waals surface area (Å²) < 4.78 is 2.79. The maximum Gasteiger partial charge on any atom is 0.329 e. The van der Waals surface area contributed by atoms with Gasteiger partial charge in [-0.1, -0.05) is 20.3 Å². The van der Waals surface area contributed by atoms with Gasteiger partial charge >= 0.3 is 11.7 Å². The van der Waals surface area contributed by atoms with Crippen molar-refractivity contribution < 1.29 is 9.90 Å². The molecule has 0 aliphatic carbocycles. The van der Waals surface area contributed by atoms with E-state index in [9.17, 15) is 14.7 Å². The molecule has 114 valence electrons. The van der Waals surface area contributed by atoms with E-state index in [0.29, 0.717) is 13.0 Å². The van der Waals surface area contributed by atoms with Crippen LogP contribution in [0.3, 0.4) is 0 Å². The van der Waals surface area contributed by atoms with Crippen molar-refractivity contribution in [2.24, 2.45) is 5.92 Å². The number of aliphatic carboxylic acids is 1. The Kier molecular flexibility index (Phi) is 4.62. The molecule has 0 spiro atoms. The van der Waals surface area contributed by atoms with Crippen LogP contribution >= 0.6 is 11.3 Å². The Bertz CT molecular complexity index is 686. The van der Waals surface area contributed by atoms with Crippen LogP contribution in [0.15, 0.2) is 22.6 Å². The smallest absolute Gasteiger partial charge is 0.329 e. The minimum absolute atomic E-state index is 0.113. The molecule has 1 N–H and O–H groups in total. The fraction of sp³-hybridized carbons (Fsp3) is 0.500. The first kappa shape index (κ1) is 15.5. The topological polar surface area (TPSA) is 77.1 Å². The van der Waals surface area contributed by atoms with E-state index in [1.54, 1.807) is 12.4 Å².